The van der Waals surface area contributed by atoms with Crippen LogP contribution >= 0.6 is 11.8 Å². The second-order valence-electron chi connectivity index (χ2n) is 3.29. The number of pyridine rings is 1. The van der Waals surface area contributed by atoms with E-state index in [1.54, 1.807) is 11.8 Å². The Labute approximate surface area is 111 Å². The van der Waals surface area contributed by atoms with Crippen LogP contribution in [0.4, 0.5) is 0 Å². The van der Waals surface area contributed by atoms with Crippen LogP contribution in [-0.4, -0.2) is 11.2 Å². The van der Waals surface area contributed by atoms with E-state index in [1.165, 1.54) is 0 Å². The predicted molar refractivity (Wildman–Crippen MR) is 63.7 cm³/mol. The molecule has 0 N–H and O–H groups in total. The third kappa shape index (κ3) is 3.46. The molecular weight excluding hydrogens is 374 g/mol. The van der Waals surface area contributed by atoms with E-state index < -0.39 is 0 Å². The zero-order chi connectivity index (χ0) is 10.7. The van der Waals surface area contributed by atoms with Crippen LogP contribution < -0.4 is 0 Å². The van der Waals surface area contributed by atoms with Crippen molar-refractivity contribution < 1.29 is 21.1 Å². The van der Waals surface area contributed by atoms with Gasteiger partial charge in [0.2, 0.25) is 0 Å². The molecule has 15 heavy (non-hydrogen) atoms. The fourth-order valence-electron chi connectivity index (χ4n) is 1.18. The van der Waals surface area contributed by atoms with Crippen molar-refractivity contribution in [1.29, 1.82) is 0 Å². The third-order valence-electron chi connectivity index (χ3n) is 2.30. The average Bonchev–Trinajstić information content (AvgIpc) is 2.20. The van der Waals surface area contributed by atoms with Crippen molar-refractivity contribution in [2.24, 2.45) is 0 Å². The van der Waals surface area contributed by atoms with Crippen molar-refractivity contribution in [2.75, 3.05) is 6.26 Å². The summed E-state index contributed by atoms with van der Waals surface area (Å²) >= 11 is 1.68. The molecule has 0 saturated heterocycles. The van der Waals surface area contributed by atoms with Gasteiger partial charge >= 0.3 is 0 Å². The van der Waals surface area contributed by atoms with Crippen molar-refractivity contribution in [1.82, 2.24) is 4.98 Å². The molecule has 0 aliphatic heterocycles. The molecule has 0 aliphatic carbocycles. The molecule has 1 nitrogen and oxygen atoms in total. The topological polar surface area (TPSA) is 12.9 Å². The molecule has 1 aromatic rings. The van der Waals surface area contributed by atoms with Crippen LogP contribution in [-0.2, 0) is 21.1 Å². The number of nitrogens with zero attached hydrogens (tertiary/aromatic N) is 1. The van der Waals surface area contributed by atoms with E-state index in [9.17, 15) is 0 Å². The maximum Gasteiger partial charge on any atom is 0 e. The molecule has 0 fully saturated rings. The smallest absolute Gasteiger partial charge is 0 e. The summed E-state index contributed by atoms with van der Waals surface area (Å²) in [5.41, 5.74) is 4.28. The van der Waals surface area contributed by atoms with Gasteiger partial charge in [-0.15, -0.1) is 12.1 Å². The maximum absolute atomic E-state index is 4.56. The van der Waals surface area contributed by atoms with Gasteiger partial charge < -0.3 is 4.98 Å². The van der Waals surface area contributed by atoms with E-state index in [4.69, 9.17) is 0 Å². The summed E-state index contributed by atoms with van der Waals surface area (Å²) in [6.45, 7) is 10.2. The van der Waals surface area contributed by atoms with Crippen LogP contribution in [0.2, 0.25) is 0 Å². The Morgan fingerprint density at radius 3 is 2.53 bits per heavy atom. The molecule has 1 heterocycles. The van der Waals surface area contributed by atoms with Gasteiger partial charge in [-0.2, -0.15) is 17.8 Å². The zero-order valence-corrected chi connectivity index (χ0v) is 13.4. The molecule has 0 unspecified atom stereocenters. The summed E-state index contributed by atoms with van der Waals surface area (Å²) in [5, 5.41) is 0. The summed E-state index contributed by atoms with van der Waals surface area (Å²) in [7, 11) is 0. The molecule has 0 aromatic carbocycles. The first-order chi connectivity index (χ1) is 6.60. The first kappa shape index (κ1) is 14.9. The number of allylic oxidation sites excluding steroid dienone is 1. The molecular formula is C12H16NSW-. The normalized spacial score (nSPS) is 9.60. The fraction of sp³-hybridized carbons (Fsp3) is 0.417. The van der Waals surface area contributed by atoms with E-state index in [2.05, 4.69) is 30.8 Å². The summed E-state index contributed by atoms with van der Waals surface area (Å²) in [4.78, 5) is 5.67. The number of hydrogen-bond donors (Lipinski definition) is 0. The molecule has 0 saturated carbocycles. The molecule has 0 atom stereocenters. The fourth-order valence-corrected chi connectivity index (χ4v) is 1.82. The molecule has 1 aromatic heterocycles. The van der Waals surface area contributed by atoms with Crippen LogP contribution in [0.25, 0.3) is 5.57 Å². The molecule has 3 heteroatoms. The van der Waals surface area contributed by atoms with Crippen molar-refractivity contribution in [3.63, 3.8) is 0 Å². The largest absolute Gasteiger partial charge is 0.379 e. The second kappa shape index (κ2) is 6.50. The number of aromatic nitrogens is 1. The molecule has 0 amide bonds. The van der Waals surface area contributed by atoms with Gasteiger partial charge in [-0.3, -0.25) is 0 Å². The first-order valence-corrected chi connectivity index (χ1v) is 5.95. The minimum atomic E-state index is 0. The maximum atomic E-state index is 4.56. The van der Waals surface area contributed by atoms with Crippen LogP contribution in [0.1, 0.15) is 30.3 Å². The van der Waals surface area contributed by atoms with Crippen molar-refractivity contribution in [3.8, 4) is 0 Å². The van der Waals surface area contributed by atoms with Gasteiger partial charge in [-0.25, -0.2) is 0 Å². The molecule has 0 radical (unpaired) electrons. The van der Waals surface area contributed by atoms with Gasteiger partial charge in [0.15, 0.2) is 0 Å². The number of rotatable bonds is 3. The summed E-state index contributed by atoms with van der Waals surface area (Å²) < 4.78 is 0. The average molecular weight is 390 g/mol. The second-order valence-corrected chi connectivity index (χ2v) is 4.10. The summed E-state index contributed by atoms with van der Waals surface area (Å²) in [6.07, 6.45) is 2.99. The van der Waals surface area contributed by atoms with Crippen LogP contribution in [0.15, 0.2) is 11.5 Å². The van der Waals surface area contributed by atoms with Gasteiger partial charge in [0.1, 0.15) is 0 Å². The van der Waals surface area contributed by atoms with E-state index in [0.29, 0.717) is 0 Å². The molecule has 0 bridgehead atoms. The van der Waals surface area contributed by atoms with Crippen LogP contribution in [0, 0.1) is 19.9 Å². The van der Waals surface area contributed by atoms with Gasteiger partial charge in [-0.05, 0) is 18.4 Å². The molecule has 0 spiro atoms. The number of hydrogen-bond acceptors (Lipinski definition) is 2. The van der Waals surface area contributed by atoms with Crippen LogP contribution in [0.3, 0.4) is 0 Å². The monoisotopic (exact) mass is 390 g/mol. The summed E-state index contributed by atoms with van der Waals surface area (Å²) in [6, 6.07) is 3.35. The standard InChI is InChI=1S/C12H16NS.W/c1-6-8(2)12-11(14-5)7-9(3)10(4)13-12;/h2,6H2,1,3-5H3;/q-1;. The van der Waals surface area contributed by atoms with E-state index in [0.717, 1.165) is 33.8 Å². The Balaban J connectivity index is 0.00000196. The van der Waals surface area contributed by atoms with Gasteiger partial charge in [0.05, 0.1) is 0 Å². The van der Waals surface area contributed by atoms with Crippen molar-refractivity contribution in [3.05, 3.63) is 29.6 Å². The minimum absolute atomic E-state index is 0. The van der Waals surface area contributed by atoms with Gasteiger partial charge in [0, 0.05) is 21.1 Å². The zero-order valence-electron chi connectivity index (χ0n) is 9.68. The summed E-state index contributed by atoms with van der Waals surface area (Å²) in [5.74, 6) is 0. The first-order valence-electron chi connectivity index (χ1n) is 4.72. The Bertz CT molecular complexity index is 361. The van der Waals surface area contributed by atoms with Gasteiger partial charge in [-0.1, -0.05) is 36.9 Å². The number of aryl methyl sites for hydroxylation is 2. The Kier molecular flexibility index (Phi) is 6.47. The minimum Gasteiger partial charge on any atom is -0.379 e. The Hall–Kier alpha value is -0.0717. The predicted octanol–water partition coefficient (Wildman–Crippen LogP) is 3.64. The molecule has 82 valence electrons. The van der Waals surface area contributed by atoms with Crippen molar-refractivity contribution >= 4 is 17.3 Å². The SMILES string of the molecule is C=C(CC)c1nc(C)c(C)[c-]c1SC.[W]. The van der Waals surface area contributed by atoms with E-state index in [-0.39, 0.29) is 21.1 Å². The van der Waals surface area contributed by atoms with Crippen LogP contribution in [0.5, 0.6) is 0 Å². The molecule has 0 aliphatic rings. The Morgan fingerprint density at radius 1 is 1.47 bits per heavy atom. The van der Waals surface area contributed by atoms with Crippen molar-refractivity contribution in [2.45, 2.75) is 32.1 Å². The van der Waals surface area contributed by atoms with E-state index >= 15 is 0 Å². The molecule has 1 rings (SSSR count). The number of thioether (sulfide) groups is 1. The third-order valence-corrected chi connectivity index (χ3v) is 3.01. The quantitative estimate of drug-likeness (QED) is 0.578. The van der Waals surface area contributed by atoms with E-state index in [1.807, 2.05) is 13.8 Å². The Morgan fingerprint density at radius 2 is 2.07 bits per heavy atom. The van der Waals surface area contributed by atoms with Gasteiger partial charge in [0.25, 0.3) is 0 Å².